The number of nitrogens with one attached hydrogen (secondary N) is 2. The number of benzene rings is 3. The molecule has 8 nitrogen and oxygen atoms in total. The van der Waals surface area contributed by atoms with Crippen molar-refractivity contribution in [1.82, 2.24) is 10.7 Å². The molecule has 0 aromatic heterocycles. The lowest BCUT2D eigenvalue weighted by atomic mass is 10.1. The van der Waals surface area contributed by atoms with Crippen LogP contribution in [0.4, 0.5) is 5.69 Å². The highest BCUT2D eigenvalue weighted by molar-refractivity contribution is 6.05. The first-order valence-electron chi connectivity index (χ1n) is 10.8. The fraction of sp³-hybridized carbons (Fsp3) is 0.148. The maximum absolute atomic E-state index is 13.0. The molecule has 0 unspecified atom stereocenters. The summed E-state index contributed by atoms with van der Waals surface area (Å²) in [7, 11) is 6.99. The van der Waals surface area contributed by atoms with E-state index in [-0.39, 0.29) is 5.70 Å². The van der Waals surface area contributed by atoms with Gasteiger partial charge in [-0.2, -0.15) is 5.10 Å². The van der Waals surface area contributed by atoms with Crippen LogP contribution in [0.2, 0.25) is 0 Å². The lowest BCUT2D eigenvalue weighted by molar-refractivity contribution is -0.117. The second-order valence-electron chi connectivity index (χ2n) is 7.67. The predicted octanol–water partition coefficient (Wildman–Crippen LogP) is 3.69. The number of anilines is 1. The summed E-state index contributed by atoms with van der Waals surface area (Å²) in [4.78, 5) is 27.7. The summed E-state index contributed by atoms with van der Waals surface area (Å²) < 4.78 is 10.5. The molecule has 180 valence electrons. The molecule has 3 rings (SSSR count). The Hall–Kier alpha value is -4.59. The van der Waals surface area contributed by atoms with Crippen molar-refractivity contribution in [3.05, 3.63) is 95.2 Å². The zero-order chi connectivity index (χ0) is 25.2. The van der Waals surface area contributed by atoms with E-state index in [9.17, 15) is 9.59 Å². The first-order valence-corrected chi connectivity index (χ1v) is 10.8. The summed E-state index contributed by atoms with van der Waals surface area (Å²) in [6, 6.07) is 21.5. The minimum atomic E-state index is -0.574. The number of methoxy groups -OCH3 is 2. The Morgan fingerprint density at radius 1 is 0.914 bits per heavy atom. The van der Waals surface area contributed by atoms with Crippen molar-refractivity contribution in [2.24, 2.45) is 5.10 Å². The summed E-state index contributed by atoms with van der Waals surface area (Å²) in [5.41, 5.74) is 5.36. The van der Waals surface area contributed by atoms with Crippen LogP contribution in [-0.4, -0.2) is 46.3 Å². The average Bonchev–Trinajstić information content (AvgIpc) is 2.89. The van der Waals surface area contributed by atoms with Crippen molar-refractivity contribution >= 4 is 29.8 Å². The van der Waals surface area contributed by atoms with Gasteiger partial charge in [0.2, 0.25) is 0 Å². The van der Waals surface area contributed by atoms with E-state index in [2.05, 4.69) is 15.8 Å². The molecule has 0 aliphatic heterocycles. The molecule has 0 saturated carbocycles. The van der Waals surface area contributed by atoms with Crippen LogP contribution in [0.3, 0.4) is 0 Å². The third-order valence-electron chi connectivity index (χ3n) is 5.06. The van der Waals surface area contributed by atoms with E-state index in [1.54, 1.807) is 55.7 Å². The van der Waals surface area contributed by atoms with E-state index in [0.29, 0.717) is 22.6 Å². The summed E-state index contributed by atoms with van der Waals surface area (Å²) >= 11 is 0. The SMILES string of the molecule is COc1ccc(/C=N\NC(=O)/C(=C/c2ccc(N(C)C)cc2)NC(=O)c2ccccc2)c(OC)c1. The van der Waals surface area contributed by atoms with Crippen LogP contribution in [-0.2, 0) is 4.79 Å². The Kier molecular flexibility index (Phi) is 8.61. The molecule has 0 heterocycles. The Morgan fingerprint density at radius 3 is 2.26 bits per heavy atom. The predicted molar refractivity (Wildman–Crippen MR) is 138 cm³/mol. The van der Waals surface area contributed by atoms with Gasteiger partial charge in [0, 0.05) is 37.0 Å². The smallest absolute Gasteiger partial charge is 0.287 e. The number of hydrogen-bond donors (Lipinski definition) is 2. The van der Waals surface area contributed by atoms with Crippen molar-refractivity contribution in [2.75, 3.05) is 33.2 Å². The normalized spacial score (nSPS) is 11.1. The van der Waals surface area contributed by atoms with Crippen molar-refractivity contribution in [2.45, 2.75) is 0 Å². The second-order valence-corrected chi connectivity index (χ2v) is 7.67. The van der Waals surface area contributed by atoms with E-state index in [4.69, 9.17) is 9.47 Å². The summed E-state index contributed by atoms with van der Waals surface area (Å²) in [6.45, 7) is 0. The minimum absolute atomic E-state index is 0.0512. The third-order valence-corrected chi connectivity index (χ3v) is 5.06. The Bertz CT molecular complexity index is 1220. The number of hydrogen-bond acceptors (Lipinski definition) is 6. The van der Waals surface area contributed by atoms with Gasteiger partial charge in [-0.05, 0) is 48.0 Å². The molecule has 0 fully saturated rings. The highest BCUT2D eigenvalue weighted by Gasteiger charge is 2.14. The van der Waals surface area contributed by atoms with E-state index in [1.165, 1.54) is 13.3 Å². The van der Waals surface area contributed by atoms with Gasteiger partial charge in [-0.3, -0.25) is 9.59 Å². The molecule has 0 radical (unpaired) electrons. The monoisotopic (exact) mass is 472 g/mol. The molecule has 0 aliphatic rings. The van der Waals surface area contributed by atoms with Gasteiger partial charge >= 0.3 is 0 Å². The minimum Gasteiger partial charge on any atom is -0.497 e. The molecular weight excluding hydrogens is 444 g/mol. The largest absolute Gasteiger partial charge is 0.497 e. The van der Waals surface area contributed by atoms with Crippen LogP contribution in [0.1, 0.15) is 21.5 Å². The molecule has 0 saturated heterocycles. The molecule has 3 aromatic carbocycles. The molecule has 0 atom stereocenters. The highest BCUT2D eigenvalue weighted by Crippen LogP contribution is 2.23. The second kappa shape index (κ2) is 12.0. The highest BCUT2D eigenvalue weighted by atomic mass is 16.5. The van der Waals surface area contributed by atoms with Gasteiger partial charge < -0.3 is 19.7 Å². The van der Waals surface area contributed by atoms with Crippen molar-refractivity contribution in [1.29, 1.82) is 0 Å². The first-order chi connectivity index (χ1) is 16.9. The van der Waals surface area contributed by atoms with Gasteiger partial charge in [0.25, 0.3) is 11.8 Å². The lowest BCUT2D eigenvalue weighted by Gasteiger charge is -2.13. The fourth-order valence-electron chi connectivity index (χ4n) is 3.12. The van der Waals surface area contributed by atoms with Crippen molar-refractivity contribution in [3.8, 4) is 11.5 Å². The Balaban J connectivity index is 1.83. The molecule has 0 aliphatic carbocycles. The third kappa shape index (κ3) is 6.94. The Morgan fingerprint density at radius 2 is 1.63 bits per heavy atom. The van der Waals surface area contributed by atoms with Crippen LogP contribution in [0.15, 0.2) is 83.6 Å². The number of carbonyl (C=O) groups is 2. The van der Waals surface area contributed by atoms with E-state index in [0.717, 1.165) is 11.3 Å². The van der Waals surface area contributed by atoms with Gasteiger partial charge in [-0.1, -0.05) is 30.3 Å². The zero-order valence-corrected chi connectivity index (χ0v) is 20.1. The van der Waals surface area contributed by atoms with Crippen LogP contribution < -0.4 is 25.1 Å². The number of rotatable bonds is 9. The summed E-state index contributed by atoms with van der Waals surface area (Å²) in [5.74, 6) is 0.195. The molecule has 2 amide bonds. The maximum atomic E-state index is 13.0. The van der Waals surface area contributed by atoms with E-state index >= 15 is 0 Å². The number of nitrogens with zero attached hydrogens (tertiary/aromatic N) is 2. The molecule has 3 aromatic rings. The molecule has 8 heteroatoms. The number of carbonyl (C=O) groups excluding carboxylic acids is 2. The van der Waals surface area contributed by atoms with Gasteiger partial charge in [-0.15, -0.1) is 0 Å². The van der Waals surface area contributed by atoms with Crippen LogP contribution in [0.25, 0.3) is 6.08 Å². The summed E-state index contributed by atoms with van der Waals surface area (Å²) in [6.07, 6.45) is 3.05. The molecular formula is C27H28N4O4. The van der Waals surface area contributed by atoms with Gasteiger partial charge in [0.15, 0.2) is 0 Å². The summed E-state index contributed by atoms with van der Waals surface area (Å²) in [5, 5.41) is 6.73. The van der Waals surface area contributed by atoms with Gasteiger partial charge in [0.1, 0.15) is 17.2 Å². The zero-order valence-electron chi connectivity index (χ0n) is 20.1. The van der Waals surface area contributed by atoms with E-state index < -0.39 is 11.8 Å². The fourth-order valence-corrected chi connectivity index (χ4v) is 3.12. The molecule has 0 spiro atoms. The topological polar surface area (TPSA) is 92.3 Å². The lowest BCUT2D eigenvalue weighted by Crippen LogP contribution is -2.32. The van der Waals surface area contributed by atoms with E-state index in [1.807, 2.05) is 49.3 Å². The van der Waals surface area contributed by atoms with Crippen LogP contribution >= 0.6 is 0 Å². The number of ether oxygens (including phenoxy) is 2. The maximum Gasteiger partial charge on any atom is 0.287 e. The quantitative estimate of drug-likeness (QED) is 0.282. The van der Waals surface area contributed by atoms with Crippen molar-refractivity contribution < 1.29 is 19.1 Å². The molecule has 0 bridgehead atoms. The van der Waals surface area contributed by atoms with Crippen molar-refractivity contribution in [3.63, 3.8) is 0 Å². The average molecular weight is 473 g/mol. The number of hydrazone groups is 1. The Labute approximate surface area is 204 Å². The molecule has 35 heavy (non-hydrogen) atoms. The first kappa shape index (κ1) is 25.0. The van der Waals surface area contributed by atoms with Gasteiger partial charge in [0.05, 0.1) is 20.4 Å². The van der Waals surface area contributed by atoms with Crippen LogP contribution in [0, 0.1) is 0 Å². The van der Waals surface area contributed by atoms with Crippen LogP contribution in [0.5, 0.6) is 11.5 Å². The molecule has 2 N–H and O–H groups in total. The van der Waals surface area contributed by atoms with Gasteiger partial charge in [-0.25, -0.2) is 5.43 Å². The standard InChI is InChI=1S/C27H28N4O4/c1-31(2)22-13-10-19(11-14-22)16-24(29-26(32)20-8-6-5-7-9-20)27(33)30-28-18-21-12-15-23(34-3)17-25(21)35-4/h5-18H,1-4H3,(H,29,32)(H,30,33)/b24-16-,28-18-. The number of amides is 2.